The number of rotatable bonds is 7. The van der Waals surface area contributed by atoms with E-state index < -0.39 is 0 Å². The summed E-state index contributed by atoms with van der Waals surface area (Å²) in [6.45, 7) is 3.00. The molecule has 0 aromatic heterocycles. The third-order valence-electron chi connectivity index (χ3n) is 4.67. The number of piperidine rings is 1. The van der Waals surface area contributed by atoms with Crippen LogP contribution in [0.1, 0.15) is 24.0 Å². The largest absolute Gasteiger partial charge is 0.380 e. The Morgan fingerprint density at radius 2 is 2.07 bits per heavy atom. The number of likely N-dealkylation sites (N-methyl/N-ethyl adjacent to an activating group) is 1. The van der Waals surface area contributed by atoms with Crippen molar-refractivity contribution in [3.05, 3.63) is 35.1 Å². The summed E-state index contributed by atoms with van der Waals surface area (Å²) in [5.41, 5.74) is 1.51. The Morgan fingerprint density at radius 3 is 2.68 bits per heavy atom. The third kappa shape index (κ3) is 7.88. The SMILES string of the molecule is CN=C(NCc1ccc(F)c(COC)c1)NC1CCN(CC(=O)NC)CC1.I. The van der Waals surface area contributed by atoms with Crippen LogP contribution in [0.5, 0.6) is 0 Å². The van der Waals surface area contributed by atoms with Gasteiger partial charge in [0.15, 0.2) is 5.96 Å². The number of likely N-dealkylation sites (tertiary alicyclic amines) is 1. The average Bonchev–Trinajstić information content (AvgIpc) is 2.68. The molecule has 0 aliphatic carbocycles. The Labute approximate surface area is 183 Å². The van der Waals surface area contributed by atoms with Crippen molar-refractivity contribution < 1.29 is 13.9 Å². The maximum Gasteiger partial charge on any atom is 0.233 e. The van der Waals surface area contributed by atoms with Gasteiger partial charge in [-0.2, -0.15) is 0 Å². The number of carbonyl (C=O) groups excluding carboxylic acids is 1. The lowest BCUT2D eigenvalue weighted by molar-refractivity contribution is -0.122. The van der Waals surface area contributed by atoms with Crippen molar-refractivity contribution in [2.45, 2.75) is 32.0 Å². The maximum atomic E-state index is 13.7. The first kappa shape index (κ1) is 24.6. The summed E-state index contributed by atoms with van der Waals surface area (Å²) < 4.78 is 18.7. The van der Waals surface area contributed by atoms with Gasteiger partial charge in [0.25, 0.3) is 0 Å². The molecule has 1 amide bonds. The molecule has 0 bridgehead atoms. The summed E-state index contributed by atoms with van der Waals surface area (Å²) in [5, 5.41) is 9.36. The Kier molecular flexibility index (Phi) is 11.3. The third-order valence-corrected chi connectivity index (χ3v) is 4.67. The second-order valence-electron chi connectivity index (χ2n) is 6.65. The molecule has 9 heteroatoms. The zero-order valence-electron chi connectivity index (χ0n) is 16.8. The molecule has 0 radical (unpaired) electrons. The molecule has 1 aromatic rings. The van der Waals surface area contributed by atoms with Crippen LogP contribution in [0, 0.1) is 5.82 Å². The highest BCUT2D eigenvalue weighted by molar-refractivity contribution is 14.0. The number of benzene rings is 1. The van der Waals surface area contributed by atoms with E-state index in [4.69, 9.17) is 4.74 Å². The van der Waals surface area contributed by atoms with Crippen LogP contribution in [-0.2, 0) is 22.7 Å². The van der Waals surface area contributed by atoms with E-state index in [0.29, 0.717) is 24.7 Å². The van der Waals surface area contributed by atoms with Gasteiger partial charge >= 0.3 is 0 Å². The molecule has 0 spiro atoms. The topological polar surface area (TPSA) is 78.0 Å². The molecule has 3 N–H and O–H groups in total. The summed E-state index contributed by atoms with van der Waals surface area (Å²) in [4.78, 5) is 17.9. The molecule has 1 saturated heterocycles. The van der Waals surface area contributed by atoms with E-state index in [1.165, 1.54) is 6.07 Å². The molecular formula is C19H31FIN5O2. The van der Waals surface area contributed by atoms with Gasteiger partial charge in [-0.3, -0.25) is 14.7 Å². The highest BCUT2D eigenvalue weighted by Gasteiger charge is 2.21. The highest BCUT2D eigenvalue weighted by Crippen LogP contribution is 2.12. The van der Waals surface area contributed by atoms with Crippen LogP contribution in [0.4, 0.5) is 4.39 Å². The minimum atomic E-state index is -0.258. The van der Waals surface area contributed by atoms with Gasteiger partial charge in [0.05, 0.1) is 13.2 Å². The van der Waals surface area contributed by atoms with Gasteiger partial charge in [-0.25, -0.2) is 4.39 Å². The predicted octanol–water partition coefficient (Wildman–Crippen LogP) is 1.47. The summed E-state index contributed by atoms with van der Waals surface area (Å²) in [6, 6.07) is 5.33. The lowest BCUT2D eigenvalue weighted by Gasteiger charge is -2.32. The first-order chi connectivity index (χ1) is 13.0. The van der Waals surface area contributed by atoms with Crippen molar-refractivity contribution in [1.29, 1.82) is 0 Å². The maximum absolute atomic E-state index is 13.7. The number of amides is 1. The van der Waals surface area contributed by atoms with Crippen molar-refractivity contribution in [2.24, 2.45) is 4.99 Å². The predicted molar refractivity (Wildman–Crippen MR) is 119 cm³/mol. The van der Waals surface area contributed by atoms with Gasteiger partial charge in [0.1, 0.15) is 5.82 Å². The Balaban J connectivity index is 0.00000392. The zero-order chi connectivity index (χ0) is 19.6. The molecule has 1 aliphatic rings. The van der Waals surface area contributed by atoms with Crippen molar-refractivity contribution in [3.8, 4) is 0 Å². The molecule has 1 fully saturated rings. The molecule has 1 heterocycles. The molecule has 0 unspecified atom stereocenters. The van der Waals surface area contributed by atoms with Crippen molar-refractivity contribution in [2.75, 3.05) is 40.8 Å². The quantitative estimate of drug-likeness (QED) is 0.296. The number of hydrogen-bond acceptors (Lipinski definition) is 4. The highest BCUT2D eigenvalue weighted by atomic mass is 127. The zero-order valence-corrected chi connectivity index (χ0v) is 19.1. The first-order valence-electron chi connectivity index (χ1n) is 9.22. The molecular weight excluding hydrogens is 476 g/mol. The Morgan fingerprint density at radius 1 is 1.36 bits per heavy atom. The van der Waals surface area contributed by atoms with Crippen LogP contribution in [0.25, 0.3) is 0 Å². The van der Waals surface area contributed by atoms with Crippen LogP contribution < -0.4 is 16.0 Å². The Hall–Kier alpha value is -1.46. The van der Waals surface area contributed by atoms with E-state index in [-0.39, 0.29) is 42.3 Å². The molecule has 0 saturated carbocycles. The standard InChI is InChI=1S/C19H30FN5O2.HI/c1-21-18(26)12-25-8-6-16(7-9-25)24-19(22-2)23-11-14-4-5-17(20)15(10-14)13-27-3;/h4-5,10,16H,6-9,11-13H2,1-3H3,(H,21,26)(H2,22,23,24);1H. The van der Waals surface area contributed by atoms with E-state index in [9.17, 15) is 9.18 Å². The van der Waals surface area contributed by atoms with Gasteiger partial charge in [-0.15, -0.1) is 24.0 Å². The molecule has 7 nitrogen and oxygen atoms in total. The molecule has 28 heavy (non-hydrogen) atoms. The van der Waals surface area contributed by atoms with E-state index >= 15 is 0 Å². The van der Waals surface area contributed by atoms with Gasteiger partial charge < -0.3 is 20.7 Å². The lowest BCUT2D eigenvalue weighted by Crippen LogP contribution is -2.49. The minimum Gasteiger partial charge on any atom is -0.380 e. The van der Waals surface area contributed by atoms with Gasteiger partial charge in [-0.05, 0) is 30.5 Å². The van der Waals surface area contributed by atoms with E-state index in [1.807, 2.05) is 0 Å². The van der Waals surface area contributed by atoms with E-state index in [1.54, 1.807) is 33.3 Å². The van der Waals surface area contributed by atoms with Crippen LogP contribution in [0.15, 0.2) is 23.2 Å². The Bertz CT molecular complexity index is 651. The summed E-state index contributed by atoms with van der Waals surface area (Å²) in [7, 11) is 4.94. The number of carbonyl (C=O) groups is 1. The monoisotopic (exact) mass is 507 g/mol. The van der Waals surface area contributed by atoms with Gasteiger partial charge in [0, 0.05) is 52.4 Å². The number of guanidine groups is 1. The smallest absolute Gasteiger partial charge is 0.233 e. The molecule has 158 valence electrons. The minimum absolute atomic E-state index is 0. The van der Waals surface area contributed by atoms with Crippen LogP contribution >= 0.6 is 24.0 Å². The number of aliphatic imine (C=N–C) groups is 1. The van der Waals surface area contributed by atoms with Gasteiger partial charge in [0.2, 0.25) is 5.91 Å². The van der Waals surface area contributed by atoms with Crippen molar-refractivity contribution >= 4 is 35.8 Å². The summed E-state index contributed by atoms with van der Waals surface area (Å²) >= 11 is 0. The molecule has 0 atom stereocenters. The fourth-order valence-electron chi connectivity index (χ4n) is 3.10. The summed E-state index contributed by atoms with van der Waals surface area (Å²) in [5.74, 6) is 0.509. The normalized spacial score (nSPS) is 15.6. The molecule has 2 rings (SSSR count). The molecule has 1 aliphatic heterocycles. The van der Waals surface area contributed by atoms with Crippen LogP contribution in [0.2, 0.25) is 0 Å². The lowest BCUT2D eigenvalue weighted by atomic mass is 10.1. The number of nitrogens with zero attached hydrogens (tertiary/aromatic N) is 2. The van der Waals surface area contributed by atoms with E-state index in [2.05, 4.69) is 25.8 Å². The van der Waals surface area contributed by atoms with Crippen molar-refractivity contribution in [3.63, 3.8) is 0 Å². The first-order valence-corrected chi connectivity index (χ1v) is 9.22. The van der Waals surface area contributed by atoms with Gasteiger partial charge in [-0.1, -0.05) is 6.07 Å². The van der Waals surface area contributed by atoms with Crippen molar-refractivity contribution in [1.82, 2.24) is 20.9 Å². The van der Waals surface area contributed by atoms with Crippen LogP contribution in [-0.4, -0.2) is 63.6 Å². The second-order valence-corrected chi connectivity index (χ2v) is 6.65. The second kappa shape index (κ2) is 12.9. The number of ether oxygens (including phenoxy) is 1. The number of nitrogens with one attached hydrogen (secondary N) is 3. The van der Waals surface area contributed by atoms with E-state index in [0.717, 1.165) is 37.5 Å². The summed E-state index contributed by atoms with van der Waals surface area (Å²) in [6.07, 6.45) is 1.90. The average molecular weight is 507 g/mol. The fourth-order valence-corrected chi connectivity index (χ4v) is 3.10. The van der Waals surface area contributed by atoms with Crippen LogP contribution in [0.3, 0.4) is 0 Å². The fraction of sp³-hybridized carbons (Fsp3) is 0.579. The molecule has 1 aromatic carbocycles. The number of halogens is 2. The number of hydrogen-bond donors (Lipinski definition) is 3. The number of methoxy groups -OCH3 is 1.